The van der Waals surface area contributed by atoms with Crippen LogP contribution in [0.3, 0.4) is 0 Å². The number of aryl methyl sites for hydroxylation is 1. The molecule has 2 rings (SSSR count). The molecule has 1 aromatic rings. The Morgan fingerprint density at radius 2 is 1.96 bits per heavy atom. The summed E-state index contributed by atoms with van der Waals surface area (Å²) in [6, 6.07) is 2.41. The molecule has 0 aliphatic carbocycles. The fourth-order valence-electron chi connectivity index (χ4n) is 2.54. The maximum absolute atomic E-state index is 12.6. The lowest BCUT2D eigenvalue weighted by Gasteiger charge is -2.30. The Labute approximate surface area is 140 Å². The quantitative estimate of drug-likeness (QED) is 0.857. The van der Waals surface area contributed by atoms with Crippen molar-refractivity contribution >= 4 is 22.4 Å². The first-order valence-electron chi connectivity index (χ1n) is 7.02. The number of nitrogens with one attached hydrogen (secondary N) is 2. The highest BCUT2D eigenvalue weighted by Gasteiger charge is 2.32. The van der Waals surface area contributed by atoms with Crippen molar-refractivity contribution < 1.29 is 21.6 Å². The van der Waals surface area contributed by atoms with Crippen LogP contribution in [0.1, 0.15) is 24.5 Å². The Kier molecular flexibility index (Phi) is 6.48. The molecule has 0 aromatic heterocycles. The molecular formula is C14H20ClF3N2O2S. The van der Waals surface area contributed by atoms with E-state index in [0.717, 1.165) is 31.2 Å². The highest BCUT2D eigenvalue weighted by molar-refractivity contribution is 7.89. The van der Waals surface area contributed by atoms with Gasteiger partial charge in [-0.1, -0.05) is 6.92 Å². The van der Waals surface area contributed by atoms with Gasteiger partial charge in [-0.25, -0.2) is 13.1 Å². The third kappa shape index (κ3) is 4.82. The Morgan fingerprint density at radius 1 is 1.30 bits per heavy atom. The van der Waals surface area contributed by atoms with Crippen molar-refractivity contribution in [2.24, 2.45) is 5.92 Å². The van der Waals surface area contributed by atoms with E-state index in [1.54, 1.807) is 0 Å². The molecule has 0 radical (unpaired) electrons. The van der Waals surface area contributed by atoms with Crippen LogP contribution in [0.5, 0.6) is 0 Å². The van der Waals surface area contributed by atoms with E-state index < -0.39 is 21.8 Å². The Morgan fingerprint density at radius 3 is 2.48 bits per heavy atom. The summed E-state index contributed by atoms with van der Waals surface area (Å²) in [5.74, 6) is 0.172. The van der Waals surface area contributed by atoms with Gasteiger partial charge in [0.1, 0.15) is 0 Å². The van der Waals surface area contributed by atoms with Crippen molar-refractivity contribution in [2.75, 3.05) is 13.1 Å². The summed E-state index contributed by atoms with van der Waals surface area (Å²) in [6.07, 6.45) is -3.64. The first-order valence-corrected chi connectivity index (χ1v) is 8.50. The molecule has 0 spiro atoms. The fraction of sp³-hybridized carbons (Fsp3) is 0.571. The molecule has 1 aromatic carbocycles. The van der Waals surface area contributed by atoms with Crippen LogP contribution in [-0.4, -0.2) is 27.5 Å². The summed E-state index contributed by atoms with van der Waals surface area (Å²) in [5, 5.41) is 3.11. The van der Waals surface area contributed by atoms with E-state index in [-0.39, 0.29) is 34.8 Å². The Hall–Kier alpha value is -0.830. The van der Waals surface area contributed by atoms with Gasteiger partial charge < -0.3 is 5.32 Å². The van der Waals surface area contributed by atoms with Gasteiger partial charge in [0.2, 0.25) is 10.0 Å². The summed E-state index contributed by atoms with van der Waals surface area (Å²) in [5.41, 5.74) is -0.768. The monoisotopic (exact) mass is 372 g/mol. The van der Waals surface area contributed by atoms with E-state index in [9.17, 15) is 21.6 Å². The zero-order valence-corrected chi connectivity index (χ0v) is 14.4. The second-order valence-electron chi connectivity index (χ2n) is 5.68. The molecular weight excluding hydrogens is 353 g/mol. The topological polar surface area (TPSA) is 58.2 Å². The van der Waals surface area contributed by atoms with Crippen LogP contribution in [0.4, 0.5) is 13.2 Å². The van der Waals surface area contributed by atoms with Crippen molar-refractivity contribution in [1.82, 2.24) is 10.0 Å². The van der Waals surface area contributed by atoms with Crippen molar-refractivity contribution in [3.05, 3.63) is 29.3 Å². The number of hydrogen-bond acceptors (Lipinski definition) is 3. The van der Waals surface area contributed by atoms with Crippen LogP contribution in [0.2, 0.25) is 0 Å². The maximum Gasteiger partial charge on any atom is 0.416 e. The van der Waals surface area contributed by atoms with Crippen molar-refractivity contribution in [3.8, 4) is 0 Å². The second-order valence-corrected chi connectivity index (χ2v) is 7.36. The lowest BCUT2D eigenvalue weighted by atomic mass is 9.96. The van der Waals surface area contributed by atoms with Gasteiger partial charge in [-0.15, -0.1) is 12.4 Å². The Bertz CT molecular complexity index is 650. The number of sulfonamides is 1. The molecule has 1 aliphatic rings. The predicted molar refractivity (Wildman–Crippen MR) is 84.2 cm³/mol. The molecule has 1 saturated heterocycles. The highest BCUT2D eigenvalue weighted by atomic mass is 35.5. The number of piperidine rings is 1. The van der Waals surface area contributed by atoms with E-state index in [1.807, 2.05) is 6.92 Å². The minimum atomic E-state index is -4.48. The molecule has 1 heterocycles. The summed E-state index contributed by atoms with van der Waals surface area (Å²) >= 11 is 0. The first-order chi connectivity index (χ1) is 10.1. The first kappa shape index (κ1) is 20.2. The lowest BCUT2D eigenvalue weighted by Crippen LogP contribution is -2.50. The number of benzene rings is 1. The number of alkyl halides is 3. The minimum absolute atomic E-state index is 0. The van der Waals surface area contributed by atoms with E-state index in [2.05, 4.69) is 10.0 Å². The second kappa shape index (κ2) is 7.38. The van der Waals surface area contributed by atoms with Gasteiger partial charge in [-0.2, -0.15) is 13.2 Å². The van der Waals surface area contributed by atoms with E-state index >= 15 is 0 Å². The zero-order chi connectivity index (χ0) is 16.5. The van der Waals surface area contributed by atoms with Gasteiger partial charge in [-0.05, 0) is 49.6 Å². The summed E-state index contributed by atoms with van der Waals surface area (Å²) < 4.78 is 65.3. The van der Waals surface area contributed by atoms with Gasteiger partial charge >= 0.3 is 6.18 Å². The Balaban J connectivity index is 0.00000264. The van der Waals surface area contributed by atoms with Crippen LogP contribution in [0.25, 0.3) is 0 Å². The van der Waals surface area contributed by atoms with Crippen LogP contribution in [0, 0.1) is 12.8 Å². The van der Waals surface area contributed by atoms with Gasteiger partial charge in [0.05, 0.1) is 10.5 Å². The average Bonchev–Trinajstić information content (AvgIpc) is 2.40. The molecule has 132 valence electrons. The van der Waals surface area contributed by atoms with E-state index in [0.29, 0.717) is 6.54 Å². The maximum atomic E-state index is 12.6. The molecule has 23 heavy (non-hydrogen) atoms. The number of rotatable bonds is 3. The largest absolute Gasteiger partial charge is 0.416 e. The fourth-order valence-corrected chi connectivity index (χ4v) is 4.11. The van der Waals surface area contributed by atoms with Crippen LogP contribution < -0.4 is 10.0 Å². The van der Waals surface area contributed by atoms with Crippen molar-refractivity contribution in [2.45, 2.75) is 37.4 Å². The predicted octanol–water partition coefficient (Wildman–Crippen LogP) is 2.71. The summed E-state index contributed by atoms with van der Waals surface area (Å²) in [7, 11) is -3.84. The minimum Gasteiger partial charge on any atom is -0.315 e. The normalized spacial score (nSPS) is 22.5. The molecule has 4 nitrogen and oxygen atoms in total. The van der Waals surface area contributed by atoms with E-state index in [4.69, 9.17) is 0 Å². The number of halogens is 4. The smallest absolute Gasteiger partial charge is 0.315 e. The van der Waals surface area contributed by atoms with Crippen molar-refractivity contribution in [1.29, 1.82) is 0 Å². The van der Waals surface area contributed by atoms with Gasteiger partial charge in [0.15, 0.2) is 0 Å². The summed E-state index contributed by atoms with van der Waals surface area (Å²) in [6.45, 7) is 4.67. The molecule has 0 saturated carbocycles. The number of hydrogen-bond donors (Lipinski definition) is 2. The molecule has 2 atom stereocenters. The van der Waals surface area contributed by atoms with E-state index in [1.165, 1.54) is 6.92 Å². The summed E-state index contributed by atoms with van der Waals surface area (Å²) in [4.78, 5) is -0.113. The zero-order valence-electron chi connectivity index (χ0n) is 12.8. The average molecular weight is 373 g/mol. The van der Waals surface area contributed by atoms with Gasteiger partial charge in [0.25, 0.3) is 0 Å². The molecule has 2 N–H and O–H groups in total. The van der Waals surface area contributed by atoms with Gasteiger partial charge in [-0.3, -0.25) is 0 Å². The molecule has 0 bridgehead atoms. The molecule has 1 aliphatic heterocycles. The van der Waals surface area contributed by atoms with Gasteiger partial charge in [0, 0.05) is 12.6 Å². The molecule has 1 fully saturated rings. The molecule has 0 amide bonds. The lowest BCUT2D eigenvalue weighted by molar-refractivity contribution is -0.137. The van der Waals surface area contributed by atoms with Crippen LogP contribution >= 0.6 is 12.4 Å². The third-order valence-electron chi connectivity index (χ3n) is 3.93. The van der Waals surface area contributed by atoms with Crippen LogP contribution in [-0.2, 0) is 16.2 Å². The van der Waals surface area contributed by atoms with Crippen molar-refractivity contribution in [3.63, 3.8) is 0 Å². The highest BCUT2D eigenvalue weighted by Crippen LogP contribution is 2.31. The molecule has 9 heteroatoms. The van der Waals surface area contributed by atoms with Crippen LogP contribution in [0.15, 0.2) is 23.1 Å². The third-order valence-corrected chi connectivity index (χ3v) is 5.58. The SMILES string of the molecule is Cc1cc(C(F)(F)F)ccc1S(=O)(=O)NC1CNCCC1C.Cl. The standard InChI is InChI=1S/C14H19F3N2O2S.ClH/c1-9-5-6-18-8-12(9)19-22(20,21)13-4-3-11(7-10(13)2)14(15,16)17;/h3-4,7,9,12,18-19H,5-6,8H2,1-2H3;1H. The molecule has 2 unspecified atom stereocenters.